The minimum absolute atomic E-state index is 0.0333. The fourth-order valence-corrected chi connectivity index (χ4v) is 1.96. The van der Waals surface area contributed by atoms with E-state index in [0.29, 0.717) is 5.56 Å². The summed E-state index contributed by atoms with van der Waals surface area (Å²) in [6.45, 7) is -0.402. The van der Waals surface area contributed by atoms with Gasteiger partial charge in [0.05, 0.1) is 12.3 Å². The first-order valence-electron chi connectivity index (χ1n) is 3.73. The normalized spacial score (nSPS) is 11.0. The number of aliphatic hydroxyl groups excluding tert-OH is 1. The molecule has 1 heterocycles. The van der Waals surface area contributed by atoms with Crippen molar-refractivity contribution in [2.75, 3.05) is 0 Å². The van der Waals surface area contributed by atoms with E-state index in [4.69, 9.17) is 16.7 Å². The standard InChI is InChI=1S/C8H7BrClF2NO/c9-2-5-4(8(11)12)1-7(10)13-6(5)3-14/h1,8,14H,2-3H2. The van der Waals surface area contributed by atoms with Crippen molar-refractivity contribution in [2.45, 2.75) is 18.4 Å². The Morgan fingerprint density at radius 1 is 1.57 bits per heavy atom. The Balaban J connectivity index is 3.31. The molecule has 0 atom stereocenters. The van der Waals surface area contributed by atoms with Crippen LogP contribution in [0.5, 0.6) is 0 Å². The lowest BCUT2D eigenvalue weighted by Gasteiger charge is -2.10. The van der Waals surface area contributed by atoms with Crippen molar-refractivity contribution in [3.63, 3.8) is 0 Å². The first-order chi connectivity index (χ1) is 6.60. The second kappa shape index (κ2) is 5.00. The van der Waals surface area contributed by atoms with Gasteiger partial charge in [-0.15, -0.1) is 0 Å². The zero-order valence-corrected chi connectivity index (χ0v) is 9.32. The van der Waals surface area contributed by atoms with Crippen molar-refractivity contribution in [2.24, 2.45) is 0 Å². The average Bonchev–Trinajstić information content (AvgIpc) is 2.16. The van der Waals surface area contributed by atoms with Crippen LogP contribution in [0.15, 0.2) is 6.07 Å². The lowest BCUT2D eigenvalue weighted by atomic mass is 10.1. The van der Waals surface area contributed by atoms with Gasteiger partial charge in [0.25, 0.3) is 6.43 Å². The Morgan fingerprint density at radius 2 is 2.21 bits per heavy atom. The third-order valence-corrected chi connectivity index (χ3v) is 2.49. The molecule has 1 aromatic heterocycles. The molecular weight excluding hydrogens is 279 g/mol. The van der Waals surface area contributed by atoms with Crippen LogP contribution in [0.2, 0.25) is 5.15 Å². The molecule has 0 aliphatic carbocycles. The number of aromatic nitrogens is 1. The van der Waals surface area contributed by atoms with Gasteiger partial charge in [-0.1, -0.05) is 27.5 Å². The van der Waals surface area contributed by atoms with Crippen molar-refractivity contribution in [1.29, 1.82) is 0 Å². The molecule has 78 valence electrons. The van der Waals surface area contributed by atoms with Gasteiger partial charge in [-0.05, 0) is 11.6 Å². The summed E-state index contributed by atoms with van der Waals surface area (Å²) < 4.78 is 25.0. The van der Waals surface area contributed by atoms with Crippen molar-refractivity contribution in [3.05, 3.63) is 28.0 Å². The van der Waals surface area contributed by atoms with Crippen LogP contribution in [0.25, 0.3) is 0 Å². The van der Waals surface area contributed by atoms with Crippen LogP contribution in [0, 0.1) is 0 Å². The minimum atomic E-state index is -2.62. The Bertz CT molecular complexity index is 335. The molecule has 1 rings (SSSR count). The first-order valence-corrected chi connectivity index (χ1v) is 5.23. The van der Waals surface area contributed by atoms with E-state index in [2.05, 4.69) is 20.9 Å². The molecule has 0 saturated heterocycles. The van der Waals surface area contributed by atoms with Crippen LogP contribution in [0.3, 0.4) is 0 Å². The van der Waals surface area contributed by atoms with Gasteiger partial charge in [-0.2, -0.15) is 0 Å². The fourth-order valence-electron chi connectivity index (χ4n) is 1.09. The van der Waals surface area contributed by atoms with E-state index in [1.807, 2.05) is 0 Å². The van der Waals surface area contributed by atoms with Gasteiger partial charge < -0.3 is 5.11 Å². The summed E-state index contributed by atoms with van der Waals surface area (Å²) in [5, 5.41) is 9.08. The molecule has 1 N–H and O–H groups in total. The molecule has 0 aliphatic rings. The molecule has 6 heteroatoms. The van der Waals surface area contributed by atoms with Gasteiger partial charge >= 0.3 is 0 Å². The lowest BCUT2D eigenvalue weighted by molar-refractivity contribution is 0.150. The Kier molecular flexibility index (Phi) is 4.22. The Hall–Kier alpha value is -0.260. The maximum absolute atomic E-state index is 12.5. The largest absolute Gasteiger partial charge is 0.390 e. The number of aliphatic hydroxyl groups is 1. The summed E-state index contributed by atoms with van der Waals surface area (Å²) in [6.07, 6.45) is -2.62. The van der Waals surface area contributed by atoms with Crippen LogP contribution in [-0.2, 0) is 11.9 Å². The predicted octanol–water partition coefficient (Wildman–Crippen LogP) is 3.06. The number of alkyl halides is 3. The molecule has 1 aromatic rings. The Morgan fingerprint density at radius 3 is 2.64 bits per heavy atom. The molecule has 0 aromatic carbocycles. The molecule has 2 nitrogen and oxygen atoms in total. The topological polar surface area (TPSA) is 33.1 Å². The molecule has 0 unspecified atom stereocenters. The van der Waals surface area contributed by atoms with Gasteiger partial charge in [-0.25, -0.2) is 13.8 Å². The van der Waals surface area contributed by atoms with Gasteiger partial charge in [0.1, 0.15) is 5.15 Å². The molecule has 0 bridgehead atoms. The summed E-state index contributed by atoms with van der Waals surface area (Å²) in [5.41, 5.74) is 0.294. The summed E-state index contributed by atoms with van der Waals surface area (Å²) in [5.74, 6) is 0. The van der Waals surface area contributed by atoms with Crippen LogP contribution in [0.1, 0.15) is 23.2 Å². The highest BCUT2D eigenvalue weighted by atomic mass is 79.9. The lowest BCUT2D eigenvalue weighted by Crippen LogP contribution is -2.02. The van der Waals surface area contributed by atoms with E-state index in [1.165, 1.54) is 0 Å². The van der Waals surface area contributed by atoms with Gasteiger partial charge in [0, 0.05) is 10.9 Å². The van der Waals surface area contributed by atoms with Gasteiger partial charge in [0.2, 0.25) is 0 Å². The molecule has 0 saturated carbocycles. The second-order valence-electron chi connectivity index (χ2n) is 2.55. The molecule has 0 amide bonds. The summed E-state index contributed by atoms with van der Waals surface area (Å²) in [6, 6.07) is 1.11. The summed E-state index contributed by atoms with van der Waals surface area (Å²) in [4.78, 5) is 3.76. The molecule has 0 aliphatic heterocycles. The molecule has 0 fully saturated rings. The SMILES string of the molecule is OCc1nc(Cl)cc(C(F)F)c1CBr. The number of pyridine rings is 1. The first kappa shape index (κ1) is 11.8. The van der Waals surface area contributed by atoms with Crippen molar-refractivity contribution in [1.82, 2.24) is 4.98 Å². The zero-order valence-electron chi connectivity index (χ0n) is 6.98. The Labute approximate surface area is 93.0 Å². The third kappa shape index (κ3) is 2.40. The van der Waals surface area contributed by atoms with E-state index in [-0.39, 0.29) is 21.7 Å². The van der Waals surface area contributed by atoms with E-state index in [0.717, 1.165) is 6.07 Å². The van der Waals surface area contributed by atoms with E-state index in [1.54, 1.807) is 0 Å². The van der Waals surface area contributed by atoms with E-state index < -0.39 is 13.0 Å². The van der Waals surface area contributed by atoms with E-state index >= 15 is 0 Å². The molecule has 14 heavy (non-hydrogen) atoms. The van der Waals surface area contributed by atoms with Crippen LogP contribution in [0.4, 0.5) is 8.78 Å². The summed E-state index contributed by atoms with van der Waals surface area (Å²) in [7, 11) is 0. The average molecular weight is 287 g/mol. The molecular formula is C8H7BrClF2NO. The van der Waals surface area contributed by atoms with Crippen molar-refractivity contribution >= 4 is 27.5 Å². The zero-order chi connectivity index (χ0) is 10.7. The number of rotatable bonds is 3. The quantitative estimate of drug-likeness (QED) is 0.684. The smallest absolute Gasteiger partial charge is 0.264 e. The second-order valence-corrected chi connectivity index (χ2v) is 3.50. The highest BCUT2D eigenvalue weighted by molar-refractivity contribution is 9.08. The van der Waals surface area contributed by atoms with Crippen LogP contribution in [-0.4, -0.2) is 10.1 Å². The van der Waals surface area contributed by atoms with Gasteiger partial charge in [-0.3, -0.25) is 0 Å². The minimum Gasteiger partial charge on any atom is -0.390 e. The predicted molar refractivity (Wildman–Crippen MR) is 52.8 cm³/mol. The highest BCUT2D eigenvalue weighted by Gasteiger charge is 2.17. The third-order valence-electron chi connectivity index (χ3n) is 1.73. The van der Waals surface area contributed by atoms with Crippen molar-refractivity contribution < 1.29 is 13.9 Å². The number of hydrogen-bond donors (Lipinski definition) is 1. The molecule has 0 radical (unpaired) electrons. The maximum Gasteiger partial charge on any atom is 0.264 e. The molecule has 0 spiro atoms. The van der Waals surface area contributed by atoms with Gasteiger partial charge in [0.15, 0.2) is 0 Å². The monoisotopic (exact) mass is 285 g/mol. The van der Waals surface area contributed by atoms with Crippen LogP contribution >= 0.6 is 27.5 Å². The van der Waals surface area contributed by atoms with Crippen molar-refractivity contribution in [3.8, 4) is 0 Å². The highest BCUT2D eigenvalue weighted by Crippen LogP contribution is 2.28. The number of halogens is 4. The number of hydrogen-bond acceptors (Lipinski definition) is 2. The number of nitrogens with zero attached hydrogens (tertiary/aromatic N) is 1. The van der Waals surface area contributed by atoms with E-state index in [9.17, 15) is 8.78 Å². The maximum atomic E-state index is 12.5. The fraction of sp³-hybridized carbons (Fsp3) is 0.375. The van der Waals surface area contributed by atoms with Crippen LogP contribution < -0.4 is 0 Å². The summed E-state index contributed by atoms with van der Waals surface area (Å²) >= 11 is 8.60.